The monoisotopic (exact) mass is 278 g/mol. The highest BCUT2D eigenvalue weighted by molar-refractivity contribution is 6.29. The molecule has 0 spiro atoms. The summed E-state index contributed by atoms with van der Waals surface area (Å²) in [7, 11) is 0. The minimum absolute atomic E-state index is 0.327. The van der Waals surface area contributed by atoms with Crippen LogP contribution in [0.4, 0.5) is 0 Å². The lowest BCUT2D eigenvalue weighted by Crippen LogP contribution is -2.07. The number of rotatable bonds is 4. The minimum Gasteiger partial charge on any atom is -0.492 e. The second kappa shape index (κ2) is 5.40. The summed E-state index contributed by atoms with van der Waals surface area (Å²) >= 11 is 6.01. The fourth-order valence-corrected chi connectivity index (χ4v) is 1.90. The first kappa shape index (κ1) is 13.5. The average molecular weight is 279 g/mol. The van der Waals surface area contributed by atoms with Gasteiger partial charge in [0.25, 0.3) is 5.95 Å². The summed E-state index contributed by atoms with van der Waals surface area (Å²) in [6, 6.07) is 3.57. The van der Waals surface area contributed by atoms with Crippen LogP contribution >= 0.6 is 11.6 Å². The van der Waals surface area contributed by atoms with Crippen LogP contribution in [-0.2, 0) is 4.74 Å². The van der Waals surface area contributed by atoms with Crippen molar-refractivity contribution in [1.82, 2.24) is 19.7 Å². The Bertz CT molecular complexity index is 621. The minimum atomic E-state index is 0.327. The van der Waals surface area contributed by atoms with Gasteiger partial charge in [0.1, 0.15) is 16.6 Å². The lowest BCUT2D eigenvalue weighted by Gasteiger charge is -2.09. The zero-order valence-electron chi connectivity index (χ0n) is 11.1. The van der Waals surface area contributed by atoms with Crippen molar-refractivity contribution in [3.05, 3.63) is 40.9 Å². The number of halogens is 1. The molecule has 0 aliphatic carbocycles. The maximum Gasteiger partial charge on any atom is 0.252 e. The van der Waals surface area contributed by atoms with E-state index in [1.165, 1.54) is 0 Å². The van der Waals surface area contributed by atoms with Crippen LogP contribution in [-0.4, -0.2) is 26.4 Å². The summed E-state index contributed by atoms with van der Waals surface area (Å²) in [5, 5.41) is 4.66. The Balaban J connectivity index is 2.47. The highest BCUT2D eigenvalue weighted by atomic mass is 35.5. The van der Waals surface area contributed by atoms with Crippen LogP contribution in [0.15, 0.2) is 18.7 Å². The molecule has 2 aromatic heterocycles. The summed E-state index contributed by atoms with van der Waals surface area (Å²) in [5.74, 6) is 0.878. The molecule has 0 aliphatic rings. The highest BCUT2D eigenvalue weighted by Gasteiger charge is 2.11. The third-order valence-corrected chi connectivity index (χ3v) is 2.68. The van der Waals surface area contributed by atoms with E-state index < -0.39 is 0 Å². The van der Waals surface area contributed by atoms with Crippen molar-refractivity contribution in [2.75, 3.05) is 6.61 Å². The predicted octanol–water partition coefficient (Wildman–Crippen LogP) is 2.94. The van der Waals surface area contributed by atoms with Crippen LogP contribution in [0.25, 0.3) is 11.7 Å². The molecule has 0 fully saturated rings. The van der Waals surface area contributed by atoms with Crippen molar-refractivity contribution < 1.29 is 4.74 Å². The molecule has 2 rings (SSSR count). The fraction of sp³-hybridized carbons (Fsp3) is 0.308. The molecule has 0 N–H and O–H groups in total. The average Bonchev–Trinajstić information content (AvgIpc) is 2.68. The fourth-order valence-electron chi connectivity index (χ4n) is 1.72. The van der Waals surface area contributed by atoms with Crippen molar-refractivity contribution in [2.45, 2.75) is 20.8 Å². The van der Waals surface area contributed by atoms with Crippen molar-refractivity contribution in [1.29, 1.82) is 0 Å². The van der Waals surface area contributed by atoms with E-state index in [2.05, 4.69) is 21.6 Å². The summed E-state index contributed by atoms with van der Waals surface area (Å²) in [6.45, 7) is 10.1. The number of hydrogen-bond acceptors (Lipinski definition) is 4. The first-order valence-corrected chi connectivity index (χ1v) is 6.29. The van der Waals surface area contributed by atoms with Gasteiger partial charge < -0.3 is 4.74 Å². The van der Waals surface area contributed by atoms with Crippen LogP contribution < -0.4 is 0 Å². The first-order valence-electron chi connectivity index (χ1n) is 5.91. The van der Waals surface area contributed by atoms with Gasteiger partial charge >= 0.3 is 0 Å². The van der Waals surface area contributed by atoms with Gasteiger partial charge in [-0.05, 0) is 26.8 Å². The van der Waals surface area contributed by atoms with Gasteiger partial charge in [0.15, 0.2) is 0 Å². The molecule has 0 aromatic carbocycles. The topological polar surface area (TPSA) is 52.8 Å². The third kappa shape index (κ3) is 2.93. The number of aryl methyl sites for hydroxylation is 2. The molecular weight excluding hydrogens is 264 g/mol. The molecule has 2 aromatic rings. The number of nitrogens with zero attached hydrogens (tertiary/aromatic N) is 4. The van der Waals surface area contributed by atoms with Gasteiger partial charge in [-0.3, -0.25) is 0 Å². The smallest absolute Gasteiger partial charge is 0.252 e. The number of aromatic nitrogens is 4. The van der Waals surface area contributed by atoms with Crippen LogP contribution in [0.2, 0.25) is 5.15 Å². The van der Waals surface area contributed by atoms with Gasteiger partial charge in [-0.25, -0.2) is 9.67 Å². The molecule has 0 bridgehead atoms. The molecule has 0 saturated heterocycles. The summed E-state index contributed by atoms with van der Waals surface area (Å²) in [4.78, 5) is 8.56. The molecule has 0 atom stereocenters. The van der Waals surface area contributed by atoms with E-state index in [-0.39, 0.29) is 0 Å². The van der Waals surface area contributed by atoms with E-state index in [1.807, 2.05) is 26.8 Å². The Kier molecular flexibility index (Phi) is 3.85. The maximum atomic E-state index is 6.01. The van der Waals surface area contributed by atoms with Crippen LogP contribution in [0.5, 0.6) is 0 Å². The standard InChI is InChI=1S/C13H15ClN4O/c1-5-19-10(4)11-7-12(14)16-13(15-11)18-9(3)6-8(2)17-18/h6-7H,4-5H2,1-3H3. The molecule has 0 amide bonds. The van der Waals surface area contributed by atoms with Gasteiger partial charge in [0.05, 0.1) is 12.3 Å². The number of ether oxygens (including phenoxy) is 1. The molecular formula is C13H15ClN4O. The van der Waals surface area contributed by atoms with E-state index in [0.717, 1.165) is 11.4 Å². The first-order chi connectivity index (χ1) is 9.01. The van der Waals surface area contributed by atoms with Gasteiger partial charge in [-0.15, -0.1) is 0 Å². The predicted molar refractivity (Wildman–Crippen MR) is 74.3 cm³/mol. The molecule has 5 nitrogen and oxygen atoms in total. The van der Waals surface area contributed by atoms with E-state index >= 15 is 0 Å². The molecule has 0 unspecified atom stereocenters. The Morgan fingerprint density at radius 2 is 2.11 bits per heavy atom. The van der Waals surface area contributed by atoms with Crippen LogP contribution in [0.1, 0.15) is 24.0 Å². The molecule has 6 heteroatoms. The molecule has 0 aliphatic heterocycles. The number of hydrogen-bond donors (Lipinski definition) is 0. The van der Waals surface area contributed by atoms with Gasteiger partial charge in [-0.2, -0.15) is 10.1 Å². The highest BCUT2D eigenvalue weighted by Crippen LogP contribution is 2.18. The SMILES string of the molecule is C=C(OCC)c1cc(Cl)nc(-n2nc(C)cc2C)n1. The van der Waals surface area contributed by atoms with Crippen molar-refractivity contribution in [3.63, 3.8) is 0 Å². The summed E-state index contributed by atoms with van der Waals surface area (Å²) in [6.07, 6.45) is 0. The molecule has 0 saturated carbocycles. The zero-order chi connectivity index (χ0) is 14.0. The molecule has 19 heavy (non-hydrogen) atoms. The Hall–Kier alpha value is -1.88. The van der Waals surface area contributed by atoms with Crippen LogP contribution in [0.3, 0.4) is 0 Å². The Morgan fingerprint density at radius 1 is 1.37 bits per heavy atom. The molecule has 100 valence electrons. The lowest BCUT2D eigenvalue weighted by molar-refractivity contribution is 0.297. The van der Waals surface area contributed by atoms with E-state index in [0.29, 0.717) is 29.2 Å². The Morgan fingerprint density at radius 3 is 2.68 bits per heavy atom. The molecule has 0 radical (unpaired) electrons. The van der Waals surface area contributed by atoms with E-state index in [1.54, 1.807) is 10.7 Å². The maximum absolute atomic E-state index is 6.01. The van der Waals surface area contributed by atoms with E-state index in [9.17, 15) is 0 Å². The van der Waals surface area contributed by atoms with Gasteiger partial charge in [0.2, 0.25) is 0 Å². The quantitative estimate of drug-likeness (QED) is 0.637. The van der Waals surface area contributed by atoms with Crippen molar-refractivity contribution >= 4 is 17.4 Å². The summed E-state index contributed by atoms with van der Waals surface area (Å²) in [5.41, 5.74) is 2.39. The van der Waals surface area contributed by atoms with Crippen LogP contribution in [0, 0.1) is 13.8 Å². The van der Waals surface area contributed by atoms with Crippen molar-refractivity contribution in [3.8, 4) is 5.95 Å². The normalized spacial score (nSPS) is 10.5. The largest absolute Gasteiger partial charge is 0.492 e. The second-order valence-electron chi connectivity index (χ2n) is 4.07. The van der Waals surface area contributed by atoms with Gasteiger partial charge in [0, 0.05) is 11.8 Å². The summed E-state index contributed by atoms with van der Waals surface area (Å²) < 4.78 is 6.98. The third-order valence-electron chi connectivity index (χ3n) is 2.49. The second-order valence-corrected chi connectivity index (χ2v) is 4.46. The van der Waals surface area contributed by atoms with Gasteiger partial charge in [-0.1, -0.05) is 18.2 Å². The zero-order valence-corrected chi connectivity index (χ0v) is 11.9. The Labute approximate surface area is 116 Å². The molecule has 2 heterocycles. The van der Waals surface area contributed by atoms with Crippen molar-refractivity contribution in [2.24, 2.45) is 0 Å². The van der Waals surface area contributed by atoms with E-state index in [4.69, 9.17) is 16.3 Å². The lowest BCUT2D eigenvalue weighted by atomic mass is 10.3.